The highest BCUT2D eigenvalue weighted by molar-refractivity contribution is 6.36. The fourth-order valence-corrected chi connectivity index (χ4v) is 7.33. The molecule has 7 heteroatoms. The number of anilines is 1. The van der Waals surface area contributed by atoms with Crippen LogP contribution in [0.2, 0.25) is 10.0 Å². The van der Waals surface area contributed by atoms with E-state index in [0.29, 0.717) is 21.7 Å². The maximum atomic E-state index is 14.6. The molecular weight excluding hydrogens is 548 g/mol. The number of hydrogen-bond acceptors (Lipinski definition) is 4. The van der Waals surface area contributed by atoms with Crippen LogP contribution in [0, 0.1) is 11.2 Å². The Labute approximate surface area is 239 Å². The molecule has 0 saturated carbocycles. The van der Waals surface area contributed by atoms with Crippen LogP contribution < -0.4 is 4.90 Å². The normalized spacial score (nSPS) is 21.9. The van der Waals surface area contributed by atoms with E-state index in [0.717, 1.165) is 11.3 Å². The van der Waals surface area contributed by atoms with Gasteiger partial charge in [-0.3, -0.25) is 14.4 Å². The van der Waals surface area contributed by atoms with E-state index in [4.69, 9.17) is 23.2 Å². The molecule has 1 saturated heterocycles. The van der Waals surface area contributed by atoms with Crippen LogP contribution in [0.15, 0.2) is 97.1 Å². The molecule has 1 fully saturated rings. The van der Waals surface area contributed by atoms with Crippen molar-refractivity contribution in [1.29, 1.82) is 0 Å². The quantitative estimate of drug-likeness (QED) is 0.190. The van der Waals surface area contributed by atoms with E-state index >= 15 is 0 Å². The van der Waals surface area contributed by atoms with Gasteiger partial charge in [0.15, 0.2) is 17.3 Å². The zero-order valence-electron chi connectivity index (χ0n) is 20.9. The lowest BCUT2D eigenvalue weighted by molar-refractivity contribution is 0.0666. The number of para-hydroxylation sites is 1. The Morgan fingerprint density at radius 1 is 0.825 bits per heavy atom. The zero-order valence-corrected chi connectivity index (χ0v) is 22.4. The van der Waals surface area contributed by atoms with Crippen molar-refractivity contribution in [2.45, 2.75) is 18.0 Å². The monoisotopic (exact) mass is 567 g/mol. The molecule has 3 atom stereocenters. The number of fused-ring (bicyclic) bond motifs is 5. The van der Waals surface area contributed by atoms with Crippen LogP contribution in [0.3, 0.4) is 0 Å². The van der Waals surface area contributed by atoms with E-state index in [1.165, 1.54) is 24.3 Å². The lowest BCUT2D eigenvalue weighted by Crippen LogP contribution is -2.48. The summed E-state index contributed by atoms with van der Waals surface area (Å²) in [5, 5.41) is 0.639. The Bertz CT molecular complexity index is 1750. The molecule has 0 bridgehead atoms. The Morgan fingerprint density at radius 3 is 2.15 bits per heavy atom. The molecule has 3 aliphatic rings. The van der Waals surface area contributed by atoms with Gasteiger partial charge in [0.05, 0.1) is 6.04 Å². The number of benzene rings is 4. The van der Waals surface area contributed by atoms with Crippen molar-refractivity contribution < 1.29 is 18.8 Å². The van der Waals surface area contributed by atoms with Gasteiger partial charge in [-0.05, 0) is 53.6 Å². The van der Waals surface area contributed by atoms with Crippen LogP contribution in [0.25, 0.3) is 6.08 Å². The van der Waals surface area contributed by atoms with Gasteiger partial charge in [0.1, 0.15) is 17.3 Å². The van der Waals surface area contributed by atoms with Crippen molar-refractivity contribution >= 4 is 52.3 Å². The van der Waals surface area contributed by atoms with Crippen molar-refractivity contribution in [2.75, 3.05) is 4.90 Å². The topological polar surface area (TPSA) is 54.5 Å². The van der Waals surface area contributed by atoms with Crippen LogP contribution in [0.4, 0.5) is 10.1 Å². The molecule has 4 aromatic rings. The van der Waals surface area contributed by atoms with Gasteiger partial charge in [-0.1, -0.05) is 83.9 Å². The molecule has 0 aromatic heterocycles. The second-order valence-corrected chi connectivity index (χ2v) is 11.1. The second-order valence-electron chi connectivity index (χ2n) is 10.3. The van der Waals surface area contributed by atoms with E-state index in [1.807, 2.05) is 41.3 Å². The fourth-order valence-electron chi connectivity index (χ4n) is 6.80. The predicted octanol–water partition coefficient (Wildman–Crippen LogP) is 7.45. The van der Waals surface area contributed by atoms with E-state index in [9.17, 15) is 18.8 Å². The van der Waals surface area contributed by atoms with Crippen molar-refractivity contribution in [1.82, 2.24) is 0 Å². The molecule has 196 valence electrons. The average molecular weight is 568 g/mol. The molecule has 0 unspecified atom stereocenters. The zero-order chi connectivity index (χ0) is 27.8. The summed E-state index contributed by atoms with van der Waals surface area (Å²) in [6, 6.07) is 22.7. The van der Waals surface area contributed by atoms with E-state index in [-0.39, 0.29) is 27.9 Å². The summed E-state index contributed by atoms with van der Waals surface area (Å²) >= 11 is 13.1. The summed E-state index contributed by atoms with van der Waals surface area (Å²) in [6.45, 7) is 0. The average Bonchev–Trinajstić information content (AvgIpc) is 3.39. The predicted molar refractivity (Wildman–Crippen MR) is 153 cm³/mol. The minimum atomic E-state index is -1.68. The highest BCUT2D eigenvalue weighted by Gasteiger charge is 2.71. The molecule has 0 amide bonds. The molecule has 0 N–H and O–H groups in total. The summed E-state index contributed by atoms with van der Waals surface area (Å²) in [6.07, 6.45) is 3.74. The van der Waals surface area contributed by atoms with Gasteiger partial charge in [0, 0.05) is 38.3 Å². The first-order valence-electron chi connectivity index (χ1n) is 12.8. The van der Waals surface area contributed by atoms with Gasteiger partial charge in [-0.15, -0.1) is 0 Å². The summed E-state index contributed by atoms with van der Waals surface area (Å²) in [5.74, 6) is -2.49. The number of hydrogen-bond donors (Lipinski definition) is 0. The number of nitrogens with zero attached hydrogens (tertiary/aromatic N) is 1. The van der Waals surface area contributed by atoms with Crippen molar-refractivity contribution in [3.05, 3.63) is 141 Å². The number of Topliss-reactive ketones (excluding diaryl/α,β-unsaturated/α-hetero) is 3. The summed E-state index contributed by atoms with van der Waals surface area (Å²) in [7, 11) is 0. The van der Waals surface area contributed by atoms with Gasteiger partial charge in [-0.25, -0.2) is 4.39 Å². The lowest BCUT2D eigenvalue weighted by Gasteiger charge is -2.37. The molecule has 7 rings (SSSR count). The number of carbonyl (C=O) groups excluding carboxylic acids is 3. The summed E-state index contributed by atoms with van der Waals surface area (Å²) < 4.78 is 13.9. The largest absolute Gasteiger partial charge is 0.352 e. The van der Waals surface area contributed by atoms with Gasteiger partial charge in [0.2, 0.25) is 0 Å². The number of rotatable bonds is 3. The van der Waals surface area contributed by atoms with Gasteiger partial charge >= 0.3 is 0 Å². The number of carbonyl (C=O) groups is 3. The van der Waals surface area contributed by atoms with E-state index in [2.05, 4.69) is 0 Å². The molecule has 4 nitrogen and oxygen atoms in total. The Kier molecular flexibility index (Phi) is 5.60. The Balaban J connectivity index is 1.56. The molecule has 1 spiro atoms. The van der Waals surface area contributed by atoms with Gasteiger partial charge in [-0.2, -0.15) is 0 Å². The Hall–Kier alpha value is -4.06. The summed E-state index contributed by atoms with van der Waals surface area (Å²) in [4.78, 5) is 45.6. The van der Waals surface area contributed by atoms with Crippen molar-refractivity contribution in [2.24, 2.45) is 5.41 Å². The van der Waals surface area contributed by atoms with E-state index < -0.39 is 29.2 Å². The number of halogens is 3. The fraction of sp³-hybridized carbons (Fsp3) is 0.121. The third-order valence-corrected chi connectivity index (χ3v) is 8.97. The Morgan fingerprint density at radius 2 is 1.48 bits per heavy atom. The molecule has 0 radical (unpaired) electrons. The molecule has 1 aliphatic carbocycles. The molecular formula is C33H20Cl2FNO3. The molecule has 2 heterocycles. The van der Waals surface area contributed by atoms with Gasteiger partial charge < -0.3 is 4.90 Å². The third kappa shape index (κ3) is 3.28. The first kappa shape index (κ1) is 24.9. The first-order valence-corrected chi connectivity index (χ1v) is 13.6. The summed E-state index contributed by atoms with van der Waals surface area (Å²) in [5.41, 5.74) is 1.28. The van der Waals surface area contributed by atoms with Crippen LogP contribution in [0.1, 0.15) is 48.1 Å². The van der Waals surface area contributed by atoms with Gasteiger partial charge in [0.25, 0.3) is 0 Å². The maximum Gasteiger partial charge on any atom is 0.185 e. The minimum absolute atomic E-state index is 0.252. The smallest absolute Gasteiger partial charge is 0.185 e. The SMILES string of the molecule is O=C(c1ccc(F)cc1)[C@@H]1[C@@H](c2ccc(Cl)cc2Cl)C2(C(=O)c3ccccc3C2=O)[C@@H]2C=Cc3ccccc3N12. The molecule has 4 aromatic carbocycles. The van der Waals surface area contributed by atoms with E-state index in [1.54, 1.807) is 42.5 Å². The van der Waals surface area contributed by atoms with Crippen LogP contribution in [-0.2, 0) is 0 Å². The van der Waals surface area contributed by atoms with Crippen LogP contribution in [0.5, 0.6) is 0 Å². The third-order valence-electron chi connectivity index (χ3n) is 8.41. The first-order chi connectivity index (χ1) is 19.3. The van der Waals surface area contributed by atoms with Crippen molar-refractivity contribution in [3.63, 3.8) is 0 Å². The molecule has 40 heavy (non-hydrogen) atoms. The lowest BCUT2D eigenvalue weighted by atomic mass is 9.64. The maximum absolute atomic E-state index is 14.6. The van der Waals surface area contributed by atoms with Crippen LogP contribution in [-0.4, -0.2) is 29.4 Å². The highest BCUT2D eigenvalue weighted by Crippen LogP contribution is 2.61. The molecule has 2 aliphatic heterocycles. The van der Waals surface area contributed by atoms with Crippen molar-refractivity contribution in [3.8, 4) is 0 Å². The highest BCUT2D eigenvalue weighted by atomic mass is 35.5. The standard InChI is InChI=1S/C33H20Cl2FNO3/c34-20-12-15-24(25(35)17-20)28-29(30(38)19-9-13-21(36)14-10-19)37-26-8-4-1-5-18(26)11-16-27(37)33(28)31(39)22-6-2-3-7-23(22)32(33)40/h1-17,27-29H/t27-,28+,29-/m0/s1. The minimum Gasteiger partial charge on any atom is -0.352 e. The number of ketones is 3. The van der Waals surface area contributed by atoms with Crippen LogP contribution >= 0.6 is 23.2 Å². The second kappa shape index (κ2) is 8.98.